The first-order valence-electron chi connectivity index (χ1n) is 7.05. The van der Waals surface area contributed by atoms with E-state index in [4.69, 9.17) is 4.74 Å². The molecular formula is C16H21N3OS. The van der Waals surface area contributed by atoms with E-state index in [2.05, 4.69) is 22.2 Å². The second-order valence-corrected chi connectivity index (χ2v) is 5.52. The molecule has 0 unspecified atom stereocenters. The molecule has 0 spiro atoms. The van der Waals surface area contributed by atoms with Crippen LogP contribution in [-0.4, -0.2) is 23.3 Å². The fourth-order valence-corrected chi connectivity index (χ4v) is 2.55. The number of thioether (sulfide) groups is 1. The number of ether oxygens (including phenoxy) is 1. The molecule has 1 heterocycles. The first-order valence-corrected chi connectivity index (χ1v) is 8.28. The quantitative estimate of drug-likeness (QED) is 0.806. The van der Waals surface area contributed by atoms with Gasteiger partial charge in [0.1, 0.15) is 17.4 Å². The highest BCUT2D eigenvalue weighted by molar-refractivity contribution is 7.98. The number of benzene rings is 1. The van der Waals surface area contributed by atoms with E-state index < -0.39 is 0 Å². The van der Waals surface area contributed by atoms with Crippen LogP contribution in [-0.2, 0) is 6.42 Å². The van der Waals surface area contributed by atoms with Gasteiger partial charge in [-0.05, 0) is 31.7 Å². The molecule has 0 radical (unpaired) electrons. The van der Waals surface area contributed by atoms with Crippen molar-refractivity contribution >= 4 is 17.6 Å². The lowest BCUT2D eigenvalue weighted by molar-refractivity contribution is 0.444. The van der Waals surface area contributed by atoms with Crippen LogP contribution in [0, 0.1) is 6.92 Å². The molecule has 112 valence electrons. The van der Waals surface area contributed by atoms with Crippen LogP contribution in [0.1, 0.15) is 24.7 Å². The summed E-state index contributed by atoms with van der Waals surface area (Å²) in [6.45, 7) is 4.09. The summed E-state index contributed by atoms with van der Waals surface area (Å²) in [6, 6.07) is 7.99. The SMILES string of the molecule is CCCc1nc(NC)c(C)c(Oc2ccccc2SC)n1. The Morgan fingerprint density at radius 2 is 2.00 bits per heavy atom. The van der Waals surface area contributed by atoms with E-state index in [0.29, 0.717) is 5.88 Å². The lowest BCUT2D eigenvalue weighted by atomic mass is 10.2. The molecule has 1 aromatic carbocycles. The molecular weight excluding hydrogens is 282 g/mol. The molecule has 0 amide bonds. The Hall–Kier alpha value is -1.75. The normalized spacial score (nSPS) is 10.5. The molecule has 0 atom stereocenters. The number of aryl methyl sites for hydroxylation is 1. The highest BCUT2D eigenvalue weighted by Gasteiger charge is 2.13. The van der Waals surface area contributed by atoms with Crippen molar-refractivity contribution in [2.45, 2.75) is 31.6 Å². The van der Waals surface area contributed by atoms with Gasteiger partial charge in [-0.1, -0.05) is 19.1 Å². The van der Waals surface area contributed by atoms with Crippen molar-refractivity contribution in [3.8, 4) is 11.6 Å². The van der Waals surface area contributed by atoms with Gasteiger partial charge in [0.25, 0.3) is 0 Å². The summed E-state index contributed by atoms with van der Waals surface area (Å²) in [5.41, 5.74) is 0.924. The lowest BCUT2D eigenvalue weighted by Gasteiger charge is -2.14. The van der Waals surface area contributed by atoms with Crippen LogP contribution >= 0.6 is 11.8 Å². The van der Waals surface area contributed by atoms with Gasteiger partial charge in [0.2, 0.25) is 5.88 Å². The molecule has 0 saturated heterocycles. The predicted molar refractivity (Wildman–Crippen MR) is 88.6 cm³/mol. The molecule has 0 bridgehead atoms. The summed E-state index contributed by atoms with van der Waals surface area (Å²) in [4.78, 5) is 10.2. The largest absolute Gasteiger partial charge is 0.437 e. The van der Waals surface area contributed by atoms with E-state index in [1.54, 1.807) is 11.8 Å². The minimum absolute atomic E-state index is 0.624. The van der Waals surface area contributed by atoms with Crippen LogP contribution in [0.3, 0.4) is 0 Å². The van der Waals surface area contributed by atoms with Gasteiger partial charge in [0.15, 0.2) is 0 Å². The van der Waals surface area contributed by atoms with Crippen molar-refractivity contribution in [1.82, 2.24) is 9.97 Å². The second kappa shape index (κ2) is 7.31. The average Bonchev–Trinajstić information content (AvgIpc) is 2.51. The number of hydrogen-bond donors (Lipinski definition) is 1. The molecule has 4 nitrogen and oxygen atoms in total. The Morgan fingerprint density at radius 3 is 2.67 bits per heavy atom. The van der Waals surface area contributed by atoms with E-state index in [9.17, 15) is 0 Å². The molecule has 2 aromatic rings. The van der Waals surface area contributed by atoms with Gasteiger partial charge in [0, 0.05) is 18.4 Å². The van der Waals surface area contributed by atoms with Gasteiger partial charge in [-0.15, -0.1) is 11.8 Å². The van der Waals surface area contributed by atoms with Crippen molar-refractivity contribution in [2.75, 3.05) is 18.6 Å². The first-order chi connectivity index (χ1) is 10.2. The maximum absolute atomic E-state index is 6.05. The molecule has 21 heavy (non-hydrogen) atoms. The first kappa shape index (κ1) is 15.6. The minimum Gasteiger partial charge on any atom is -0.437 e. The number of para-hydroxylation sites is 1. The van der Waals surface area contributed by atoms with Gasteiger partial charge >= 0.3 is 0 Å². The number of anilines is 1. The zero-order valence-electron chi connectivity index (χ0n) is 12.9. The molecule has 0 aliphatic heterocycles. The van der Waals surface area contributed by atoms with Gasteiger partial charge in [-0.3, -0.25) is 0 Å². The molecule has 2 rings (SSSR count). The predicted octanol–water partition coefficient (Wildman–Crippen LogP) is 4.29. The fraction of sp³-hybridized carbons (Fsp3) is 0.375. The molecule has 0 saturated carbocycles. The zero-order valence-corrected chi connectivity index (χ0v) is 13.8. The Bertz CT molecular complexity index is 616. The van der Waals surface area contributed by atoms with Gasteiger partial charge in [-0.25, -0.2) is 4.98 Å². The highest BCUT2D eigenvalue weighted by Crippen LogP contribution is 2.33. The topological polar surface area (TPSA) is 47.0 Å². The summed E-state index contributed by atoms with van der Waals surface area (Å²) >= 11 is 1.66. The summed E-state index contributed by atoms with van der Waals surface area (Å²) in [7, 11) is 1.87. The number of nitrogens with one attached hydrogen (secondary N) is 1. The van der Waals surface area contributed by atoms with Crippen molar-refractivity contribution in [1.29, 1.82) is 0 Å². The number of hydrogen-bond acceptors (Lipinski definition) is 5. The third-order valence-electron chi connectivity index (χ3n) is 3.13. The Kier molecular flexibility index (Phi) is 5.44. The van der Waals surface area contributed by atoms with Crippen molar-refractivity contribution < 1.29 is 4.74 Å². The van der Waals surface area contributed by atoms with Crippen molar-refractivity contribution in [2.24, 2.45) is 0 Å². The molecule has 0 fully saturated rings. The lowest BCUT2D eigenvalue weighted by Crippen LogP contribution is -2.05. The van der Waals surface area contributed by atoms with Crippen LogP contribution in [0.15, 0.2) is 29.2 Å². The standard InChI is InChI=1S/C16H21N3OS/c1-5-8-14-18-15(17-3)11(2)16(19-14)20-12-9-6-7-10-13(12)21-4/h6-7,9-10H,5,8H2,1-4H3,(H,17,18,19). The van der Waals surface area contributed by atoms with E-state index in [0.717, 1.165) is 40.7 Å². The van der Waals surface area contributed by atoms with E-state index in [1.165, 1.54) is 0 Å². The summed E-state index contributed by atoms with van der Waals surface area (Å²) in [5.74, 6) is 3.09. The number of aromatic nitrogens is 2. The Labute approximate surface area is 130 Å². The van der Waals surface area contributed by atoms with E-state index >= 15 is 0 Å². The van der Waals surface area contributed by atoms with Crippen LogP contribution < -0.4 is 10.1 Å². The second-order valence-electron chi connectivity index (χ2n) is 4.67. The molecule has 5 heteroatoms. The number of rotatable bonds is 6. The highest BCUT2D eigenvalue weighted by atomic mass is 32.2. The average molecular weight is 303 g/mol. The molecule has 1 aromatic heterocycles. The smallest absolute Gasteiger partial charge is 0.227 e. The summed E-state index contributed by atoms with van der Waals surface area (Å²) < 4.78 is 6.05. The molecule has 1 N–H and O–H groups in total. The van der Waals surface area contributed by atoms with Crippen LogP contribution in [0.25, 0.3) is 0 Å². The van der Waals surface area contributed by atoms with Crippen LogP contribution in [0.5, 0.6) is 11.6 Å². The zero-order chi connectivity index (χ0) is 15.2. The van der Waals surface area contributed by atoms with Gasteiger partial charge in [-0.2, -0.15) is 4.98 Å². The fourth-order valence-electron chi connectivity index (χ4n) is 2.03. The van der Waals surface area contributed by atoms with Gasteiger partial charge in [0.05, 0.1) is 5.56 Å². The van der Waals surface area contributed by atoms with Gasteiger partial charge < -0.3 is 10.1 Å². The Balaban J connectivity index is 2.40. The van der Waals surface area contributed by atoms with E-state index in [-0.39, 0.29) is 0 Å². The Morgan fingerprint density at radius 1 is 1.24 bits per heavy atom. The van der Waals surface area contributed by atoms with Crippen LogP contribution in [0.4, 0.5) is 5.82 Å². The molecule has 0 aliphatic rings. The minimum atomic E-state index is 0.624. The van der Waals surface area contributed by atoms with Crippen molar-refractivity contribution in [3.63, 3.8) is 0 Å². The molecule has 0 aliphatic carbocycles. The third kappa shape index (κ3) is 3.67. The van der Waals surface area contributed by atoms with E-state index in [1.807, 2.05) is 44.5 Å². The third-order valence-corrected chi connectivity index (χ3v) is 3.91. The monoisotopic (exact) mass is 303 g/mol. The maximum atomic E-state index is 6.05. The van der Waals surface area contributed by atoms with Crippen LogP contribution in [0.2, 0.25) is 0 Å². The summed E-state index contributed by atoms with van der Waals surface area (Å²) in [5, 5.41) is 3.11. The van der Waals surface area contributed by atoms with Crippen molar-refractivity contribution in [3.05, 3.63) is 35.7 Å². The summed E-state index contributed by atoms with van der Waals surface area (Å²) in [6.07, 6.45) is 3.89. The number of nitrogens with zero attached hydrogens (tertiary/aromatic N) is 2. The maximum Gasteiger partial charge on any atom is 0.227 e.